The fourth-order valence-corrected chi connectivity index (χ4v) is 3.46. The molecule has 2 aliphatic rings. The summed E-state index contributed by atoms with van der Waals surface area (Å²) in [5, 5.41) is 3.65. The molecule has 17 heavy (non-hydrogen) atoms. The molecule has 0 aromatic rings. The summed E-state index contributed by atoms with van der Waals surface area (Å²) in [6.07, 6.45) is 10.2. The largest absolute Gasteiger partial charge is 0.310 e. The first kappa shape index (κ1) is 13.4. The minimum Gasteiger partial charge on any atom is -0.310 e. The Bertz CT molecular complexity index is 219. The third-order valence-corrected chi connectivity index (χ3v) is 4.45. The fourth-order valence-electron chi connectivity index (χ4n) is 3.46. The van der Waals surface area contributed by atoms with Crippen LogP contribution in [0.5, 0.6) is 0 Å². The van der Waals surface area contributed by atoms with Crippen molar-refractivity contribution in [3.63, 3.8) is 0 Å². The van der Waals surface area contributed by atoms with E-state index in [0.717, 1.165) is 5.92 Å². The molecule has 0 radical (unpaired) electrons. The Morgan fingerprint density at radius 1 is 1.12 bits per heavy atom. The molecule has 1 aliphatic heterocycles. The summed E-state index contributed by atoms with van der Waals surface area (Å²) in [6, 6.07) is 0. The smallest absolute Gasteiger partial charge is 0.0252 e. The fraction of sp³-hybridized carbons (Fsp3) is 1.00. The Morgan fingerprint density at radius 3 is 2.65 bits per heavy atom. The average Bonchev–Trinajstić information content (AvgIpc) is 2.49. The summed E-state index contributed by atoms with van der Waals surface area (Å²) in [6.45, 7) is 9.71. The van der Waals surface area contributed by atoms with Gasteiger partial charge < -0.3 is 10.2 Å². The molecule has 0 bridgehead atoms. The van der Waals surface area contributed by atoms with Crippen LogP contribution < -0.4 is 5.32 Å². The van der Waals surface area contributed by atoms with Crippen LogP contribution in [0, 0.1) is 5.92 Å². The molecule has 2 rings (SSSR count). The molecular weight excluding hydrogens is 208 g/mol. The quantitative estimate of drug-likeness (QED) is 0.813. The Balaban J connectivity index is 1.73. The lowest BCUT2D eigenvalue weighted by atomic mass is 9.87. The third-order valence-electron chi connectivity index (χ3n) is 4.45. The van der Waals surface area contributed by atoms with Crippen molar-refractivity contribution in [2.45, 2.75) is 64.3 Å². The summed E-state index contributed by atoms with van der Waals surface area (Å²) in [5.74, 6) is 1.03. The van der Waals surface area contributed by atoms with Gasteiger partial charge in [0.05, 0.1) is 0 Å². The van der Waals surface area contributed by atoms with E-state index in [0.29, 0.717) is 5.54 Å². The van der Waals surface area contributed by atoms with E-state index in [1.807, 2.05) is 0 Å². The first-order valence-electron chi connectivity index (χ1n) is 7.63. The van der Waals surface area contributed by atoms with Crippen molar-refractivity contribution in [2.24, 2.45) is 5.92 Å². The van der Waals surface area contributed by atoms with Gasteiger partial charge >= 0.3 is 0 Å². The predicted molar refractivity (Wildman–Crippen MR) is 74.3 cm³/mol. The molecule has 0 aromatic heterocycles. The number of hydrogen-bond donors (Lipinski definition) is 1. The van der Waals surface area contributed by atoms with Gasteiger partial charge in [-0.1, -0.05) is 32.1 Å². The minimum absolute atomic E-state index is 0.309. The number of nitrogens with zero attached hydrogens (tertiary/aromatic N) is 1. The molecule has 1 saturated heterocycles. The average molecular weight is 238 g/mol. The maximum absolute atomic E-state index is 3.65. The summed E-state index contributed by atoms with van der Waals surface area (Å²) in [7, 11) is 0. The molecule has 0 spiro atoms. The summed E-state index contributed by atoms with van der Waals surface area (Å²) in [4.78, 5) is 2.69. The van der Waals surface area contributed by atoms with E-state index in [-0.39, 0.29) is 0 Å². The van der Waals surface area contributed by atoms with E-state index in [1.165, 1.54) is 71.1 Å². The van der Waals surface area contributed by atoms with Gasteiger partial charge in [0.2, 0.25) is 0 Å². The predicted octanol–water partition coefficient (Wildman–Crippen LogP) is 3.03. The molecule has 2 heteroatoms. The summed E-state index contributed by atoms with van der Waals surface area (Å²) in [5.41, 5.74) is 0.309. The molecule has 2 fully saturated rings. The standard InChI is InChI=1S/C15H30N2/c1-15(2)13-17(11-6-10-16-15)12-9-14-7-4-3-5-8-14/h14,16H,3-13H2,1-2H3. The van der Waals surface area contributed by atoms with Crippen LogP contribution in [0.3, 0.4) is 0 Å². The molecule has 0 amide bonds. The van der Waals surface area contributed by atoms with Crippen LogP contribution in [0.1, 0.15) is 58.8 Å². The van der Waals surface area contributed by atoms with Gasteiger partial charge in [-0.15, -0.1) is 0 Å². The zero-order chi connectivity index (χ0) is 12.1. The van der Waals surface area contributed by atoms with Crippen molar-refractivity contribution in [3.05, 3.63) is 0 Å². The molecule has 1 saturated carbocycles. The molecular formula is C15H30N2. The van der Waals surface area contributed by atoms with Crippen LogP contribution >= 0.6 is 0 Å². The molecule has 1 N–H and O–H groups in total. The first-order chi connectivity index (χ1) is 8.16. The Hall–Kier alpha value is -0.0800. The summed E-state index contributed by atoms with van der Waals surface area (Å²) >= 11 is 0. The lowest BCUT2D eigenvalue weighted by Crippen LogP contribution is -2.46. The SMILES string of the molecule is CC1(C)CN(CCC2CCCCC2)CCCN1. The topological polar surface area (TPSA) is 15.3 Å². The van der Waals surface area contributed by atoms with Gasteiger partial charge in [-0.25, -0.2) is 0 Å². The van der Waals surface area contributed by atoms with Gasteiger partial charge in [0.1, 0.15) is 0 Å². The van der Waals surface area contributed by atoms with E-state index in [1.54, 1.807) is 0 Å². The maximum atomic E-state index is 3.65. The third kappa shape index (κ3) is 4.59. The van der Waals surface area contributed by atoms with E-state index in [2.05, 4.69) is 24.1 Å². The first-order valence-corrected chi connectivity index (χ1v) is 7.63. The van der Waals surface area contributed by atoms with Gasteiger partial charge in [-0.05, 0) is 52.2 Å². The highest BCUT2D eigenvalue weighted by molar-refractivity contribution is 4.85. The normalized spacial score (nSPS) is 27.9. The Kier molecular flexibility index (Phi) is 4.87. The van der Waals surface area contributed by atoms with Crippen LogP contribution in [-0.4, -0.2) is 36.6 Å². The number of rotatable bonds is 3. The van der Waals surface area contributed by atoms with E-state index in [9.17, 15) is 0 Å². The highest BCUT2D eigenvalue weighted by atomic mass is 15.2. The molecule has 1 aliphatic carbocycles. The van der Waals surface area contributed by atoms with Crippen LogP contribution in [0.15, 0.2) is 0 Å². The molecule has 2 nitrogen and oxygen atoms in total. The molecule has 0 aromatic carbocycles. The highest BCUT2D eigenvalue weighted by Crippen LogP contribution is 2.26. The second kappa shape index (κ2) is 6.19. The van der Waals surface area contributed by atoms with Gasteiger partial charge in [0.15, 0.2) is 0 Å². The summed E-state index contributed by atoms with van der Waals surface area (Å²) < 4.78 is 0. The van der Waals surface area contributed by atoms with E-state index in [4.69, 9.17) is 0 Å². The van der Waals surface area contributed by atoms with Crippen molar-refractivity contribution >= 4 is 0 Å². The minimum atomic E-state index is 0.309. The Morgan fingerprint density at radius 2 is 1.88 bits per heavy atom. The molecule has 1 heterocycles. The number of nitrogens with one attached hydrogen (secondary N) is 1. The lowest BCUT2D eigenvalue weighted by Gasteiger charge is -2.31. The van der Waals surface area contributed by atoms with Crippen molar-refractivity contribution in [1.29, 1.82) is 0 Å². The van der Waals surface area contributed by atoms with E-state index < -0.39 is 0 Å². The van der Waals surface area contributed by atoms with E-state index >= 15 is 0 Å². The van der Waals surface area contributed by atoms with Gasteiger partial charge in [0.25, 0.3) is 0 Å². The zero-order valence-corrected chi connectivity index (χ0v) is 11.8. The van der Waals surface area contributed by atoms with Crippen LogP contribution in [0.25, 0.3) is 0 Å². The van der Waals surface area contributed by atoms with Gasteiger partial charge in [-0.2, -0.15) is 0 Å². The van der Waals surface area contributed by atoms with Crippen molar-refractivity contribution < 1.29 is 0 Å². The lowest BCUT2D eigenvalue weighted by molar-refractivity contribution is 0.204. The zero-order valence-electron chi connectivity index (χ0n) is 11.8. The van der Waals surface area contributed by atoms with Crippen molar-refractivity contribution in [3.8, 4) is 0 Å². The second-order valence-corrected chi connectivity index (χ2v) is 6.73. The maximum Gasteiger partial charge on any atom is 0.0252 e. The Labute approximate surface area is 107 Å². The second-order valence-electron chi connectivity index (χ2n) is 6.73. The van der Waals surface area contributed by atoms with Gasteiger partial charge in [0, 0.05) is 12.1 Å². The number of hydrogen-bond acceptors (Lipinski definition) is 2. The van der Waals surface area contributed by atoms with Crippen molar-refractivity contribution in [2.75, 3.05) is 26.2 Å². The van der Waals surface area contributed by atoms with Gasteiger partial charge in [-0.3, -0.25) is 0 Å². The van der Waals surface area contributed by atoms with Crippen LogP contribution in [-0.2, 0) is 0 Å². The monoisotopic (exact) mass is 238 g/mol. The highest BCUT2D eigenvalue weighted by Gasteiger charge is 2.24. The van der Waals surface area contributed by atoms with Crippen molar-refractivity contribution in [1.82, 2.24) is 10.2 Å². The molecule has 100 valence electrons. The van der Waals surface area contributed by atoms with Crippen LogP contribution in [0.2, 0.25) is 0 Å². The van der Waals surface area contributed by atoms with Crippen LogP contribution in [0.4, 0.5) is 0 Å². The molecule has 0 atom stereocenters. The molecule has 0 unspecified atom stereocenters.